The maximum absolute atomic E-state index is 13.2. The molecule has 0 aromatic heterocycles. The Bertz CT molecular complexity index is 578. The average molecular weight is 402 g/mol. The summed E-state index contributed by atoms with van der Waals surface area (Å²) in [4.78, 5) is 0.137. The number of benzene rings is 1. The predicted octanol–water partition coefficient (Wildman–Crippen LogP) is 2.63. The van der Waals surface area contributed by atoms with Crippen molar-refractivity contribution in [1.29, 1.82) is 0 Å². The number of nitrogens with zero attached hydrogens (tertiary/aromatic N) is 1. The van der Waals surface area contributed by atoms with Crippen molar-refractivity contribution in [2.75, 3.05) is 26.7 Å². The zero-order chi connectivity index (χ0) is 14.8. The molecule has 0 aliphatic carbocycles. The Morgan fingerprint density at radius 1 is 1.38 bits per heavy atom. The van der Waals surface area contributed by atoms with E-state index in [4.69, 9.17) is 0 Å². The van der Waals surface area contributed by atoms with Gasteiger partial charge in [0.2, 0.25) is 10.0 Å². The van der Waals surface area contributed by atoms with Crippen LogP contribution >= 0.6 is 28.3 Å². The van der Waals surface area contributed by atoms with E-state index in [1.54, 1.807) is 0 Å². The smallest absolute Gasteiger partial charge is 0.243 e. The van der Waals surface area contributed by atoms with Crippen LogP contribution in [0.4, 0.5) is 4.39 Å². The summed E-state index contributed by atoms with van der Waals surface area (Å²) >= 11 is 3.03. The van der Waals surface area contributed by atoms with Crippen molar-refractivity contribution in [3.05, 3.63) is 28.5 Å². The first-order chi connectivity index (χ1) is 9.45. The molecule has 0 amide bonds. The molecule has 1 aliphatic rings. The maximum Gasteiger partial charge on any atom is 0.243 e. The molecule has 8 heteroatoms. The highest BCUT2D eigenvalue weighted by Crippen LogP contribution is 2.26. The van der Waals surface area contributed by atoms with Gasteiger partial charge in [-0.2, -0.15) is 4.31 Å². The second kappa shape index (κ2) is 7.87. The van der Waals surface area contributed by atoms with Gasteiger partial charge in [0.15, 0.2) is 0 Å². The predicted molar refractivity (Wildman–Crippen MR) is 86.8 cm³/mol. The minimum Gasteiger partial charge on any atom is -0.319 e. The quantitative estimate of drug-likeness (QED) is 0.844. The summed E-state index contributed by atoms with van der Waals surface area (Å²) in [6, 6.07) is 3.81. The van der Waals surface area contributed by atoms with Crippen LogP contribution in [0.1, 0.15) is 12.8 Å². The van der Waals surface area contributed by atoms with Crippen molar-refractivity contribution in [3.63, 3.8) is 0 Å². The van der Waals surface area contributed by atoms with Gasteiger partial charge in [-0.15, -0.1) is 12.4 Å². The van der Waals surface area contributed by atoms with Gasteiger partial charge in [0.1, 0.15) is 5.82 Å². The molecule has 0 spiro atoms. The molecule has 21 heavy (non-hydrogen) atoms. The molecule has 1 N–H and O–H groups in total. The van der Waals surface area contributed by atoms with Gasteiger partial charge >= 0.3 is 0 Å². The van der Waals surface area contributed by atoms with Gasteiger partial charge in [-0.25, -0.2) is 12.8 Å². The molecule has 120 valence electrons. The second-order valence-corrected chi connectivity index (χ2v) is 7.77. The minimum atomic E-state index is -3.52. The molecule has 0 radical (unpaired) electrons. The average Bonchev–Trinajstić information content (AvgIpc) is 2.43. The fourth-order valence-electron chi connectivity index (χ4n) is 2.43. The Morgan fingerprint density at radius 2 is 2.00 bits per heavy atom. The molecule has 2 rings (SSSR count). The van der Waals surface area contributed by atoms with Crippen LogP contribution in [-0.2, 0) is 10.0 Å². The number of sulfonamides is 1. The van der Waals surface area contributed by atoms with E-state index in [9.17, 15) is 12.8 Å². The van der Waals surface area contributed by atoms with E-state index >= 15 is 0 Å². The van der Waals surface area contributed by atoms with E-state index in [-0.39, 0.29) is 21.8 Å². The Morgan fingerprint density at radius 3 is 2.52 bits per heavy atom. The van der Waals surface area contributed by atoms with Gasteiger partial charge in [0.25, 0.3) is 0 Å². The molecule has 1 aromatic carbocycles. The van der Waals surface area contributed by atoms with Crippen molar-refractivity contribution in [3.8, 4) is 0 Å². The molecule has 1 aromatic rings. The second-order valence-electron chi connectivity index (χ2n) is 4.98. The zero-order valence-corrected chi connectivity index (χ0v) is 14.9. The van der Waals surface area contributed by atoms with Gasteiger partial charge in [-0.1, -0.05) is 0 Å². The SMILES string of the molecule is CNCC1CCN(S(=O)(=O)c2ccc(F)c(Br)c2)CC1.Cl. The Hall–Kier alpha value is -0.210. The molecule has 0 saturated carbocycles. The Labute approximate surface area is 139 Å². The number of hydrogen-bond donors (Lipinski definition) is 1. The van der Waals surface area contributed by atoms with Gasteiger partial charge in [0.05, 0.1) is 9.37 Å². The van der Waals surface area contributed by atoms with Crippen LogP contribution in [0.5, 0.6) is 0 Å². The zero-order valence-electron chi connectivity index (χ0n) is 11.7. The summed E-state index contributed by atoms with van der Waals surface area (Å²) in [6.45, 7) is 1.95. The molecule has 1 saturated heterocycles. The van der Waals surface area contributed by atoms with Crippen molar-refractivity contribution >= 4 is 38.4 Å². The molecular weight excluding hydrogens is 383 g/mol. The molecule has 0 unspecified atom stereocenters. The third-order valence-corrected chi connectivity index (χ3v) is 6.10. The lowest BCUT2D eigenvalue weighted by Crippen LogP contribution is -2.40. The van der Waals surface area contributed by atoms with Crippen LogP contribution in [0, 0.1) is 11.7 Å². The van der Waals surface area contributed by atoms with E-state index in [0.29, 0.717) is 19.0 Å². The van der Waals surface area contributed by atoms with Gasteiger partial charge < -0.3 is 5.32 Å². The lowest BCUT2D eigenvalue weighted by molar-refractivity contribution is 0.270. The molecule has 1 aliphatic heterocycles. The van der Waals surface area contributed by atoms with Crippen LogP contribution in [-0.4, -0.2) is 39.4 Å². The van der Waals surface area contributed by atoms with E-state index in [0.717, 1.165) is 19.4 Å². The number of halogens is 3. The lowest BCUT2D eigenvalue weighted by atomic mass is 9.98. The summed E-state index contributed by atoms with van der Waals surface area (Å²) in [6.07, 6.45) is 1.70. The van der Waals surface area contributed by atoms with Crippen LogP contribution in [0.25, 0.3) is 0 Å². The highest BCUT2D eigenvalue weighted by Gasteiger charge is 2.29. The minimum absolute atomic E-state index is 0. The first kappa shape index (κ1) is 18.8. The van der Waals surface area contributed by atoms with Gasteiger partial charge in [-0.3, -0.25) is 0 Å². The van der Waals surface area contributed by atoms with E-state index in [1.165, 1.54) is 22.5 Å². The molecule has 1 fully saturated rings. The summed E-state index contributed by atoms with van der Waals surface area (Å²) in [7, 11) is -1.62. The molecule has 4 nitrogen and oxygen atoms in total. The van der Waals surface area contributed by atoms with Crippen molar-refractivity contribution < 1.29 is 12.8 Å². The summed E-state index contributed by atoms with van der Waals surface area (Å²) < 4.78 is 39.8. The first-order valence-electron chi connectivity index (χ1n) is 6.55. The highest BCUT2D eigenvalue weighted by molar-refractivity contribution is 9.10. The topological polar surface area (TPSA) is 49.4 Å². The van der Waals surface area contributed by atoms with E-state index in [2.05, 4.69) is 21.2 Å². The fraction of sp³-hybridized carbons (Fsp3) is 0.538. The molecule has 0 bridgehead atoms. The normalized spacial score (nSPS) is 17.5. The molecular formula is C13H19BrClFN2O2S. The third-order valence-electron chi connectivity index (χ3n) is 3.60. The van der Waals surface area contributed by atoms with Gasteiger partial charge in [-0.05, 0) is 66.5 Å². The fourth-order valence-corrected chi connectivity index (χ4v) is 4.46. The highest BCUT2D eigenvalue weighted by atomic mass is 79.9. The third kappa shape index (κ3) is 4.39. The van der Waals surface area contributed by atoms with E-state index in [1.807, 2.05) is 7.05 Å². The largest absolute Gasteiger partial charge is 0.319 e. The Balaban J connectivity index is 0.00000220. The maximum atomic E-state index is 13.2. The Kier molecular flexibility index (Phi) is 7.06. The van der Waals surface area contributed by atoms with Crippen LogP contribution in [0.2, 0.25) is 0 Å². The molecule has 0 atom stereocenters. The van der Waals surface area contributed by atoms with Crippen molar-refractivity contribution in [2.45, 2.75) is 17.7 Å². The summed E-state index contributed by atoms with van der Waals surface area (Å²) in [5, 5.41) is 3.12. The standard InChI is InChI=1S/C13H18BrFN2O2S.ClH/c1-16-9-10-4-6-17(7-5-10)20(18,19)11-2-3-13(15)12(14)8-11;/h2-3,8,10,16H,4-7,9H2,1H3;1H. The summed E-state index contributed by atoms with van der Waals surface area (Å²) in [5.41, 5.74) is 0. The number of nitrogens with one attached hydrogen (secondary N) is 1. The number of piperidine rings is 1. The van der Waals surface area contributed by atoms with Crippen LogP contribution in [0.3, 0.4) is 0 Å². The van der Waals surface area contributed by atoms with Crippen LogP contribution < -0.4 is 5.32 Å². The lowest BCUT2D eigenvalue weighted by Gasteiger charge is -2.31. The first-order valence-corrected chi connectivity index (χ1v) is 8.78. The summed E-state index contributed by atoms with van der Waals surface area (Å²) in [5.74, 6) is 0.0584. The van der Waals surface area contributed by atoms with Crippen molar-refractivity contribution in [2.24, 2.45) is 5.92 Å². The van der Waals surface area contributed by atoms with E-state index < -0.39 is 15.8 Å². The molecule has 1 heterocycles. The number of rotatable bonds is 4. The number of hydrogen-bond acceptors (Lipinski definition) is 3. The van der Waals surface area contributed by atoms with Gasteiger partial charge in [0, 0.05) is 13.1 Å². The van der Waals surface area contributed by atoms with Crippen LogP contribution in [0.15, 0.2) is 27.6 Å². The van der Waals surface area contributed by atoms with Crippen molar-refractivity contribution in [1.82, 2.24) is 9.62 Å². The monoisotopic (exact) mass is 400 g/mol.